The molecule has 0 spiro atoms. The quantitative estimate of drug-likeness (QED) is 0.770. The van der Waals surface area contributed by atoms with E-state index < -0.39 is 0 Å². The van der Waals surface area contributed by atoms with Gasteiger partial charge in [-0.2, -0.15) is 0 Å². The molecule has 1 aromatic rings. The molecule has 0 bridgehead atoms. The van der Waals surface area contributed by atoms with Gasteiger partial charge in [0.15, 0.2) is 0 Å². The zero-order valence-electron chi connectivity index (χ0n) is 11.7. The summed E-state index contributed by atoms with van der Waals surface area (Å²) in [6.45, 7) is 6.73. The fraction of sp³-hybridized carbons (Fsp3) is 0.412. The van der Waals surface area contributed by atoms with Gasteiger partial charge < -0.3 is 4.90 Å². The molecule has 2 rings (SSSR count). The molecule has 0 atom stereocenters. The predicted octanol–water partition coefficient (Wildman–Crippen LogP) is 4.09. The molecule has 0 N–H and O–H groups in total. The number of nitrogens with zero attached hydrogens (tertiary/aromatic N) is 1. The minimum Gasteiger partial charge on any atom is -0.302 e. The van der Waals surface area contributed by atoms with Crippen molar-refractivity contribution >= 4 is 6.08 Å². The second-order valence-electron chi connectivity index (χ2n) is 5.46. The average Bonchev–Trinajstić information content (AvgIpc) is 2.37. The number of hydrogen-bond donors (Lipinski definition) is 0. The zero-order valence-corrected chi connectivity index (χ0v) is 11.7. The highest BCUT2D eigenvalue weighted by molar-refractivity contribution is 5.54. The Bertz CT molecular complexity index is 454. The lowest BCUT2D eigenvalue weighted by Gasteiger charge is -2.21. The van der Waals surface area contributed by atoms with Crippen LogP contribution in [0.5, 0.6) is 0 Å². The maximum absolute atomic E-state index is 2.37. The van der Waals surface area contributed by atoms with Crippen LogP contribution in [-0.4, -0.2) is 25.0 Å². The van der Waals surface area contributed by atoms with Gasteiger partial charge in [0.05, 0.1) is 0 Å². The highest BCUT2D eigenvalue weighted by Crippen LogP contribution is 2.17. The molecule has 18 heavy (non-hydrogen) atoms. The fourth-order valence-corrected chi connectivity index (χ4v) is 2.27. The minimum atomic E-state index is 0.596. The Labute approximate surface area is 111 Å². The van der Waals surface area contributed by atoms with Gasteiger partial charge in [-0.3, -0.25) is 0 Å². The summed E-state index contributed by atoms with van der Waals surface area (Å²) >= 11 is 0. The highest BCUT2D eigenvalue weighted by Gasteiger charge is 2.05. The Morgan fingerprint density at radius 2 is 2.06 bits per heavy atom. The second-order valence-corrected chi connectivity index (χ2v) is 5.46. The third-order valence-electron chi connectivity index (χ3n) is 3.44. The molecular weight excluding hydrogens is 218 g/mol. The van der Waals surface area contributed by atoms with Gasteiger partial charge in [0, 0.05) is 13.1 Å². The van der Waals surface area contributed by atoms with Gasteiger partial charge >= 0.3 is 0 Å². The summed E-state index contributed by atoms with van der Waals surface area (Å²) in [6.07, 6.45) is 8.01. The van der Waals surface area contributed by atoms with E-state index in [2.05, 4.69) is 68.3 Å². The summed E-state index contributed by atoms with van der Waals surface area (Å²) in [7, 11) is 2.18. The molecule has 96 valence electrons. The van der Waals surface area contributed by atoms with Crippen LogP contribution in [0.2, 0.25) is 0 Å². The molecule has 1 aliphatic heterocycles. The lowest BCUT2D eigenvalue weighted by Crippen LogP contribution is -2.24. The van der Waals surface area contributed by atoms with Gasteiger partial charge in [-0.1, -0.05) is 56.3 Å². The minimum absolute atomic E-state index is 0.596. The van der Waals surface area contributed by atoms with Crippen molar-refractivity contribution < 1.29 is 0 Å². The van der Waals surface area contributed by atoms with Crippen molar-refractivity contribution in [1.29, 1.82) is 0 Å². The first kappa shape index (κ1) is 13.1. The Balaban J connectivity index is 2.09. The summed E-state index contributed by atoms with van der Waals surface area (Å²) < 4.78 is 0. The standard InChI is InChI=1S/C17H23N/c1-14(2)17-8-4-6-15(12-17)9-10-16-7-5-11-18(3)13-16/h4,6-10,12,14H,5,11,13H2,1-3H3. The molecule has 0 saturated carbocycles. The molecule has 0 radical (unpaired) electrons. The molecule has 1 heteroatoms. The van der Waals surface area contributed by atoms with Gasteiger partial charge in [0.25, 0.3) is 0 Å². The summed E-state index contributed by atoms with van der Waals surface area (Å²) in [4.78, 5) is 2.37. The van der Waals surface area contributed by atoms with E-state index >= 15 is 0 Å². The first-order valence-corrected chi connectivity index (χ1v) is 6.81. The molecule has 1 aliphatic rings. The molecule has 0 amide bonds. The van der Waals surface area contributed by atoms with Gasteiger partial charge in [-0.15, -0.1) is 0 Å². The number of benzene rings is 1. The third-order valence-corrected chi connectivity index (χ3v) is 3.44. The predicted molar refractivity (Wildman–Crippen MR) is 79.8 cm³/mol. The Morgan fingerprint density at radius 3 is 2.78 bits per heavy atom. The molecule has 1 heterocycles. The van der Waals surface area contributed by atoms with Gasteiger partial charge in [-0.25, -0.2) is 0 Å². The van der Waals surface area contributed by atoms with Crippen LogP contribution in [0.3, 0.4) is 0 Å². The van der Waals surface area contributed by atoms with E-state index in [-0.39, 0.29) is 0 Å². The van der Waals surface area contributed by atoms with Crippen molar-refractivity contribution in [3.63, 3.8) is 0 Å². The van der Waals surface area contributed by atoms with Crippen molar-refractivity contribution in [3.05, 3.63) is 53.1 Å². The smallest absolute Gasteiger partial charge is 0.0227 e. The van der Waals surface area contributed by atoms with Crippen molar-refractivity contribution in [3.8, 4) is 0 Å². The van der Waals surface area contributed by atoms with E-state index in [9.17, 15) is 0 Å². The van der Waals surface area contributed by atoms with Crippen LogP contribution >= 0.6 is 0 Å². The molecule has 0 aliphatic carbocycles. The van der Waals surface area contributed by atoms with Crippen molar-refractivity contribution in [2.24, 2.45) is 0 Å². The molecule has 1 aromatic carbocycles. The first-order chi connectivity index (χ1) is 8.65. The van der Waals surface area contributed by atoms with Crippen LogP contribution in [0.15, 0.2) is 42.0 Å². The summed E-state index contributed by atoms with van der Waals surface area (Å²) in [5.41, 5.74) is 4.14. The summed E-state index contributed by atoms with van der Waals surface area (Å²) in [6, 6.07) is 8.82. The normalized spacial score (nSPS) is 17.4. The molecular formula is C17H23N. The van der Waals surface area contributed by atoms with E-state index in [0.29, 0.717) is 5.92 Å². The van der Waals surface area contributed by atoms with Gasteiger partial charge in [0.1, 0.15) is 0 Å². The van der Waals surface area contributed by atoms with E-state index in [4.69, 9.17) is 0 Å². The highest BCUT2D eigenvalue weighted by atomic mass is 15.1. The monoisotopic (exact) mass is 241 g/mol. The van der Waals surface area contributed by atoms with Crippen LogP contribution in [0.25, 0.3) is 6.08 Å². The largest absolute Gasteiger partial charge is 0.302 e. The van der Waals surface area contributed by atoms with Crippen LogP contribution in [0, 0.1) is 0 Å². The summed E-state index contributed by atoms with van der Waals surface area (Å²) in [5, 5.41) is 0. The number of hydrogen-bond acceptors (Lipinski definition) is 1. The second kappa shape index (κ2) is 6.01. The van der Waals surface area contributed by atoms with E-state index in [1.807, 2.05) is 0 Å². The maximum atomic E-state index is 2.37. The van der Waals surface area contributed by atoms with E-state index in [1.165, 1.54) is 29.7 Å². The maximum Gasteiger partial charge on any atom is 0.0227 e. The lowest BCUT2D eigenvalue weighted by molar-refractivity contribution is 0.358. The SMILES string of the molecule is CC(C)c1cccc(C=CC2=CCCN(C)C2)c1. The lowest BCUT2D eigenvalue weighted by atomic mass is 10.0. The van der Waals surface area contributed by atoms with Crippen molar-refractivity contribution in [1.82, 2.24) is 4.90 Å². The van der Waals surface area contributed by atoms with Crippen LogP contribution < -0.4 is 0 Å². The van der Waals surface area contributed by atoms with Crippen LogP contribution in [0.4, 0.5) is 0 Å². The zero-order chi connectivity index (χ0) is 13.0. The average molecular weight is 241 g/mol. The van der Waals surface area contributed by atoms with Crippen LogP contribution in [-0.2, 0) is 0 Å². The van der Waals surface area contributed by atoms with Crippen molar-refractivity contribution in [2.75, 3.05) is 20.1 Å². The van der Waals surface area contributed by atoms with Gasteiger partial charge in [0.2, 0.25) is 0 Å². The van der Waals surface area contributed by atoms with Gasteiger partial charge in [-0.05, 0) is 36.1 Å². The molecule has 0 unspecified atom stereocenters. The topological polar surface area (TPSA) is 3.24 Å². The number of rotatable bonds is 3. The molecule has 0 saturated heterocycles. The Kier molecular flexibility index (Phi) is 4.38. The first-order valence-electron chi connectivity index (χ1n) is 6.81. The number of likely N-dealkylation sites (N-methyl/N-ethyl adjacent to an activating group) is 1. The summed E-state index contributed by atoms with van der Waals surface area (Å²) in [5.74, 6) is 0.596. The Morgan fingerprint density at radius 1 is 1.22 bits per heavy atom. The van der Waals surface area contributed by atoms with Crippen LogP contribution in [0.1, 0.15) is 37.3 Å². The molecule has 0 aromatic heterocycles. The third kappa shape index (κ3) is 3.58. The van der Waals surface area contributed by atoms with Crippen molar-refractivity contribution in [2.45, 2.75) is 26.2 Å². The molecule has 1 nitrogen and oxygen atoms in total. The van der Waals surface area contributed by atoms with E-state index in [0.717, 1.165) is 6.54 Å². The van der Waals surface area contributed by atoms with E-state index in [1.54, 1.807) is 0 Å². The fourth-order valence-electron chi connectivity index (χ4n) is 2.27. The molecule has 0 fully saturated rings. The Hall–Kier alpha value is -1.34.